The highest BCUT2D eigenvalue weighted by Gasteiger charge is 2.39. The maximum atomic E-state index is 13.5. The summed E-state index contributed by atoms with van der Waals surface area (Å²) in [6.07, 6.45) is 0.913. The van der Waals surface area contributed by atoms with E-state index in [4.69, 9.17) is 4.42 Å². The van der Waals surface area contributed by atoms with E-state index in [2.05, 4.69) is 25.3 Å². The van der Waals surface area contributed by atoms with Crippen LogP contribution in [0.5, 0.6) is 0 Å². The monoisotopic (exact) mass is 443 g/mol. The molecule has 0 saturated heterocycles. The zero-order valence-corrected chi connectivity index (χ0v) is 17.2. The molecule has 0 radical (unpaired) electrons. The molecule has 32 heavy (non-hydrogen) atoms. The lowest BCUT2D eigenvalue weighted by Crippen LogP contribution is -2.41. The van der Waals surface area contributed by atoms with Crippen LogP contribution in [0.25, 0.3) is 5.52 Å². The second kappa shape index (κ2) is 7.19. The summed E-state index contributed by atoms with van der Waals surface area (Å²) in [7, 11) is 0. The number of pyridine rings is 1. The molecule has 0 bridgehead atoms. The number of carbonyl (C=O) groups is 1. The highest BCUT2D eigenvalue weighted by atomic mass is 19.3. The Kier molecular flexibility index (Phi) is 4.55. The van der Waals surface area contributed by atoms with Crippen LogP contribution >= 0.6 is 0 Å². The fourth-order valence-electron chi connectivity index (χ4n) is 3.85. The SMILES string of the molecule is CC(C)(O)c1nnc(C(=O)N2CCc3[nH]cnc3C2c2cc3c(C(F)F)cccn3n2)o1. The van der Waals surface area contributed by atoms with Crippen LogP contribution in [-0.4, -0.2) is 52.2 Å². The van der Waals surface area contributed by atoms with Crippen LogP contribution in [0.2, 0.25) is 0 Å². The van der Waals surface area contributed by atoms with E-state index >= 15 is 0 Å². The number of aromatic nitrogens is 6. The van der Waals surface area contributed by atoms with Gasteiger partial charge in [-0.2, -0.15) is 5.10 Å². The van der Waals surface area contributed by atoms with Gasteiger partial charge in [0.25, 0.3) is 6.43 Å². The second-order valence-electron chi connectivity index (χ2n) is 8.05. The van der Waals surface area contributed by atoms with Gasteiger partial charge in [0.15, 0.2) is 0 Å². The molecule has 0 fully saturated rings. The number of imidazole rings is 1. The van der Waals surface area contributed by atoms with Gasteiger partial charge in [-0.05, 0) is 32.0 Å². The number of alkyl halides is 2. The molecule has 4 aromatic rings. The van der Waals surface area contributed by atoms with Gasteiger partial charge in [-0.25, -0.2) is 18.3 Å². The van der Waals surface area contributed by atoms with Crippen LogP contribution in [0.15, 0.2) is 35.1 Å². The van der Waals surface area contributed by atoms with E-state index in [1.165, 1.54) is 47.8 Å². The van der Waals surface area contributed by atoms with E-state index in [9.17, 15) is 18.7 Å². The average Bonchev–Trinajstić information content (AvgIpc) is 3.50. The van der Waals surface area contributed by atoms with E-state index in [0.29, 0.717) is 17.8 Å². The van der Waals surface area contributed by atoms with Gasteiger partial charge in [0.2, 0.25) is 5.89 Å². The van der Waals surface area contributed by atoms with Gasteiger partial charge in [0.05, 0.1) is 23.2 Å². The standard InChI is InChI=1S/C20H19F2N7O3/c1-20(2,31)19-26-25-17(32-19)18(30)28-7-5-11-14(24-9-23-11)15(28)12-8-13-10(16(21)22)4-3-6-29(13)27-12/h3-4,6,8-9,15-16,31H,5,7H2,1-2H3,(H,23,24). The highest BCUT2D eigenvalue weighted by molar-refractivity contribution is 5.90. The van der Waals surface area contributed by atoms with E-state index in [-0.39, 0.29) is 29.4 Å². The summed E-state index contributed by atoms with van der Waals surface area (Å²) in [4.78, 5) is 22.2. The van der Waals surface area contributed by atoms with Crippen molar-refractivity contribution in [3.05, 3.63) is 65.1 Å². The number of nitrogens with one attached hydrogen (secondary N) is 1. The molecule has 5 rings (SSSR count). The number of halogens is 2. The number of carbonyl (C=O) groups excluding carboxylic acids is 1. The Morgan fingerprint density at radius 3 is 2.91 bits per heavy atom. The zero-order valence-electron chi connectivity index (χ0n) is 17.2. The minimum absolute atomic E-state index is 0.0934. The maximum Gasteiger partial charge on any atom is 0.312 e. The molecule has 1 aliphatic rings. The third-order valence-electron chi connectivity index (χ3n) is 5.39. The van der Waals surface area contributed by atoms with E-state index in [1.807, 2.05) is 0 Å². The molecule has 4 aromatic heterocycles. The summed E-state index contributed by atoms with van der Waals surface area (Å²) in [5.41, 5.74) is 0.446. The van der Waals surface area contributed by atoms with Gasteiger partial charge >= 0.3 is 11.8 Å². The lowest BCUT2D eigenvalue weighted by molar-refractivity contribution is 0.0440. The Labute approximate surface area is 179 Å². The van der Waals surface area contributed by atoms with Gasteiger partial charge in [-0.3, -0.25) is 4.79 Å². The lowest BCUT2D eigenvalue weighted by atomic mass is 9.99. The Bertz CT molecular complexity index is 1300. The topological polar surface area (TPSA) is 125 Å². The van der Waals surface area contributed by atoms with Crippen LogP contribution in [0.3, 0.4) is 0 Å². The fourth-order valence-corrected chi connectivity index (χ4v) is 3.85. The number of H-pyrrole nitrogens is 1. The van der Waals surface area contributed by atoms with E-state index < -0.39 is 24.0 Å². The summed E-state index contributed by atoms with van der Waals surface area (Å²) in [5, 5.41) is 22.1. The third kappa shape index (κ3) is 3.23. The summed E-state index contributed by atoms with van der Waals surface area (Å²) in [6.45, 7) is 3.21. The first-order valence-corrected chi connectivity index (χ1v) is 9.90. The Morgan fingerprint density at radius 2 is 2.19 bits per heavy atom. The van der Waals surface area contributed by atoms with Crippen LogP contribution < -0.4 is 0 Å². The molecular weight excluding hydrogens is 424 g/mol. The molecule has 0 saturated carbocycles. The molecule has 0 spiro atoms. The molecular formula is C20H19F2N7O3. The molecule has 1 unspecified atom stereocenters. The van der Waals surface area contributed by atoms with Crippen molar-refractivity contribution in [1.82, 2.24) is 34.7 Å². The number of hydrogen-bond donors (Lipinski definition) is 2. The van der Waals surface area contributed by atoms with Gasteiger partial charge < -0.3 is 19.4 Å². The Hall–Kier alpha value is -3.67. The molecule has 1 atom stereocenters. The second-order valence-corrected chi connectivity index (χ2v) is 8.05. The van der Waals surface area contributed by atoms with Crippen LogP contribution in [0, 0.1) is 0 Å². The number of aliphatic hydroxyl groups is 1. The summed E-state index contributed by atoms with van der Waals surface area (Å²) < 4.78 is 33.8. The average molecular weight is 443 g/mol. The highest BCUT2D eigenvalue weighted by Crippen LogP contribution is 2.35. The smallest absolute Gasteiger partial charge is 0.312 e. The molecule has 1 aliphatic heterocycles. The van der Waals surface area contributed by atoms with E-state index in [1.54, 1.807) is 6.20 Å². The van der Waals surface area contributed by atoms with Crippen molar-refractivity contribution in [3.63, 3.8) is 0 Å². The van der Waals surface area contributed by atoms with Gasteiger partial charge in [-0.15, -0.1) is 10.2 Å². The van der Waals surface area contributed by atoms with Gasteiger partial charge in [-0.1, -0.05) is 0 Å². The predicted molar refractivity (Wildman–Crippen MR) is 105 cm³/mol. The number of amides is 1. The minimum atomic E-state index is -2.67. The molecule has 0 aromatic carbocycles. The minimum Gasteiger partial charge on any atom is -0.414 e. The first kappa shape index (κ1) is 20.2. The summed E-state index contributed by atoms with van der Waals surface area (Å²) in [6, 6.07) is 3.62. The normalized spacial score (nSPS) is 16.7. The van der Waals surface area contributed by atoms with Crippen molar-refractivity contribution >= 4 is 11.4 Å². The third-order valence-corrected chi connectivity index (χ3v) is 5.39. The van der Waals surface area contributed by atoms with Gasteiger partial charge in [0.1, 0.15) is 11.6 Å². The fraction of sp³-hybridized carbons (Fsp3) is 0.350. The largest absolute Gasteiger partial charge is 0.414 e. The van der Waals surface area contributed by atoms with Crippen molar-refractivity contribution < 1.29 is 23.1 Å². The van der Waals surface area contributed by atoms with E-state index in [0.717, 1.165) is 5.69 Å². The van der Waals surface area contributed by atoms with Crippen molar-refractivity contribution in [3.8, 4) is 0 Å². The zero-order chi connectivity index (χ0) is 22.6. The molecule has 0 aliphatic carbocycles. The van der Waals surface area contributed by atoms with Crippen molar-refractivity contribution in [2.45, 2.75) is 38.3 Å². The first-order chi connectivity index (χ1) is 15.2. The molecule has 5 heterocycles. The Balaban J connectivity index is 1.60. The van der Waals surface area contributed by atoms with Crippen molar-refractivity contribution in [2.24, 2.45) is 0 Å². The van der Waals surface area contributed by atoms with Crippen LogP contribution in [-0.2, 0) is 12.0 Å². The molecule has 1 amide bonds. The van der Waals surface area contributed by atoms with Crippen molar-refractivity contribution in [2.75, 3.05) is 6.54 Å². The maximum absolute atomic E-state index is 13.5. The molecule has 10 nitrogen and oxygen atoms in total. The number of aromatic amines is 1. The number of hydrogen-bond acceptors (Lipinski definition) is 7. The first-order valence-electron chi connectivity index (χ1n) is 9.90. The van der Waals surface area contributed by atoms with Crippen molar-refractivity contribution in [1.29, 1.82) is 0 Å². The predicted octanol–water partition coefficient (Wildman–Crippen LogP) is 2.39. The quantitative estimate of drug-likeness (QED) is 0.496. The molecule has 12 heteroatoms. The molecule has 166 valence electrons. The number of fused-ring (bicyclic) bond motifs is 2. The lowest BCUT2D eigenvalue weighted by Gasteiger charge is -2.32. The summed E-state index contributed by atoms with van der Waals surface area (Å²) >= 11 is 0. The number of rotatable bonds is 4. The molecule has 2 N–H and O–H groups in total. The van der Waals surface area contributed by atoms with Crippen LogP contribution in [0.4, 0.5) is 8.78 Å². The Morgan fingerprint density at radius 1 is 1.38 bits per heavy atom. The van der Waals surface area contributed by atoms with Gasteiger partial charge in [0, 0.05) is 30.4 Å². The van der Waals surface area contributed by atoms with Crippen LogP contribution in [0.1, 0.15) is 65.5 Å². The summed E-state index contributed by atoms with van der Waals surface area (Å²) in [5.74, 6) is -0.954. The number of nitrogens with zero attached hydrogens (tertiary/aromatic N) is 6.